The van der Waals surface area contributed by atoms with Crippen molar-refractivity contribution in [1.29, 1.82) is 0 Å². The van der Waals surface area contributed by atoms with Crippen molar-refractivity contribution in [3.8, 4) is 5.75 Å². The minimum atomic E-state index is -4.08. The Morgan fingerprint density at radius 1 is 0.935 bits per heavy atom. The number of benzene rings is 3. The lowest BCUT2D eigenvalue weighted by Crippen LogP contribution is -2.38. The van der Waals surface area contributed by atoms with Crippen molar-refractivity contribution in [2.24, 2.45) is 0 Å². The van der Waals surface area contributed by atoms with Crippen molar-refractivity contribution in [2.45, 2.75) is 4.90 Å². The molecule has 0 heterocycles. The van der Waals surface area contributed by atoms with Crippen molar-refractivity contribution >= 4 is 62.1 Å². The smallest absolute Gasteiger partial charge is 0.264 e. The van der Waals surface area contributed by atoms with Crippen LogP contribution in [0.2, 0.25) is 15.1 Å². The number of anilines is 2. The highest BCUT2D eigenvalue weighted by Crippen LogP contribution is 2.28. The van der Waals surface area contributed by atoms with E-state index in [4.69, 9.17) is 39.5 Å². The number of halogens is 3. The molecule has 0 aliphatic rings. The van der Waals surface area contributed by atoms with Crippen LogP contribution in [0.3, 0.4) is 0 Å². The molecule has 6 nitrogen and oxygen atoms in total. The van der Waals surface area contributed by atoms with Gasteiger partial charge in [0.25, 0.3) is 10.0 Å². The summed E-state index contributed by atoms with van der Waals surface area (Å²) in [5.74, 6) is -0.0958. The van der Waals surface area contributed by atoms with Gasteiger partial charge in [-0.1, -0.05) is 34.8 Å². The molecule has 0 aromatic heterocycles. The van der Waals surface area contributed by atoms with Gasteiger partial charge in [0, 0.05) is 10.0 Å². The maximum atomic E-state index is 13.4. The molecule has 0 atom stereocenters. The molecular formula is C21H17Cl3N2O4S. The fourth-order valence-corrected chi connectivity index (χ4v) is 4.59. The van der Waals surface area contributed by atoms with Gasteiger partial charge in [-0.2, -0.15) is 0 Å². The normalized spacial score (nSPS) is 11.1. The van der Waals surface area contributed by atoms with E-state index in [-0.39, 0.29) is 21.3 Å². The second kappa shape index (κ2) is 9.78. The molecule has 0 bridgehead atoms. The Morgan fingerprint density at radius 3 is 2.16 bits per heavy atom. The monoisotopic (exact) mass is 498 g/mol. The van der Waals surface area contributed by atoms with Gasteiger partial charge in [-0.3, -0.25) is 9.10 Å². The molecule has 1 N–H and O–H groups in total. The predicted molar refractivity (Wildman–Crippen MR) is 124 cm³/mol. The third kappa shape index (κ3) is 5.62. The SMILES string of the molecule is COc1ccc(S(=O)(=O)N(CC(=O)Nc2cc(Cl)ccc2Cl)c2ccc(Cl)cc2)cc1. The maximum Gasteiger partial charge on any atom is 0.264 e. The van der Waals surface area contributed by atoms with Crippen LogP contribution in [0, 0.1) is 0 Å². The molecule has 3 aromatic carbocycles. The van der Waals surface area contributed by atoms with Crippen LogP contribution < -0.4 is 14.4 Å². The summed E-state index contributed by atoms with van der Waals surface area (Å²) in [6, 6.07) is 16.6. The number of sulfonamides is 1. The molecule has 3 aromatic rings. The number of ether oxygens (including phenoxy) is 1. The Hall–Kier alpha value is -2.45. The van der Waals surface area contributed by atoms with E-state index in [1.54, 1.807) is 18.2 Å². The second-order valence-electron chi connectivity index (χ2n) is 6.34. The van der Waals surface area contributed by atoms with Gasteiger partial charge >= 0.3 is 0 Å². The average molecular weight is 500 g/mol. The van der Waals surface area contributed by atoms with E-state index in [1.165, 1.54) is 55.6 Å². The van der Waals surface area contributed by atoms with E-state index in [0.29, 0.717) is 15.8 Å². The lowest BCUT2D eigenvalue weighted by atomic mass is 10.3. The fourth-order valence-electron chi connectivity index (χ4n) is 2.71. The number of hydrogen-bond acceptors (Lipinski definition) is 4. The summed E-state index contributed by atoms with van der Waals surface area (Å²) < 4.78 is 32.8. The van der Waals surface area contributed by atoms with E-state index in [0.717, 1.165) is 4.31 Å². The average Bonchev–Trinajstić information content (AvgIpc) is 2.75. The van der Waals surface area contributed by atoms with E-state index in [9.17, 15) is 13.2 Å². The van der Waals surface area contributed by atoms with Gasteiger partial charge in [-0.25, -0.2) is 8.42 Å². The molecule has 0 fully saturated rings. The van der Waals surface area contributed by atoms with Crippen LogP contribution >= 0.6 is 34.8 Å². The zero-order chi connectivity index (χ0) is 22.6. The standard InChI is InChI=1S/C21H17Cl3N2O4S/c1-30-17-7-9-18(10-8-17)31(28,29)26(16-5-2-14(22)3-6-16)13-21(27)25-20-12-15(23)4-11-19(20)24/h2-12H,13H2,1H3,(H,25,27). The highest BCUT2D eigenvalue weighted by Gasteiger charge is 2.27. The van der Waals surface area contributed by atoms with Crippen molar-refractivity contribution in [3.05, 3.63) is 81.8 Å². The molecular weight excluding hydrogens is 483 g/mol. The Labute approximate surface area is 195 Å². The second-order valence-corrected chi connectivity index (χ2v) is 9.48. The van der Waals surface area contributed by atoms with Gasteiger partial charge in [0.2, 0.25) is 5.91 Å². The highest BCUT2D eigenvalue weighted by atomic mass is 35.5. The van der Waals surface area contributed by atoms with Crippen molar-refractivity contribution in [3.63, 3.8) is 0 Å². The first-order valence-corrected chi connectivity index (χ1v) is 11.5. The van der Waals surface area contributed by atoms with Crippen molar-refractivity contribution in [1.82, 2.24) is 0 Å². The first kappa shape index (κ1) is 23.2. The summed E-state index contributed by atoms with van der Waals surface area (Å²) in [6.45, 7) is -0.501. The van der Waals surface area contributed by atoms with Gasteiger partial charge < -0.3 is 10.1 Å². The first-order valence-electron chi connectivity index (χ1n) is 8.88. The lowest BCUT2D eigenvalue weighted by Gasteiger charge is -2.24. The van der Waals surface area contributed by atoms with Gasteiger partial charge in [-0.15, -0.1) is 0 Å². The molecule has 31 heavy (non-hydrogen) atoms. The van der Waals surface area contributed by atoms with Crippen LogP contribution in [0.5, 0.6) is 5.75 Å². The van der Waals surface area contributed by atoms with Gasteiger partial charge in [-0.05, 0) is 66.7 Å². The molecule has 0 saturated carbocycles. The van der Waals surface area contributed by atoms with Crippen LogP contribution in [0.4, 0.5) is 11.4 Å². The zero-order valence-corrected chi connectivity index (χ0v) is 19.3. The molecule has 0 aliphatic heterocycles. The summed E-state index contributed by atoms with van der Waals surface area (Å²) in [4.78, 5) is 12.7. The number of nitrogens with one attached hydrogen (secondary N) is 1. The Bertz CT molecular complexity index is 1180. The topological polar surface area (TPSA) is 75.7 Å². The van der Waals surface area contributed by atoms with Crippen molar-refractivity contribution in [2.75, 3.05) is 23.3 Å². The maximum absolute atomic E-state index is 13.4. The molecule has 0 unspecified atom stereocenters. The molecule has 0 saturated heterocycles. The number of amides is 1. The lowest BCUT2D eigenvalue weighted by molar-refractivity contribution is -0.114. The molecule has 0 aliphatic carbocycles. The number of nitrogens with zero attached hydrogens (tertiary/aromatic N) is 1. The van der Waals surface area contributed by atoms with E-state index in [2.05, 4.69) is 5.32 Å². The zero-order valence-electron chi connectivity index (χ0n) is 16.2. The number of rotatable bonds is 7. The van der Waals surface area contributed by atoms with Crippen LogP contribution in [0.15, 0.2) is 71.6 Å². The summed E-state index contributed by atoms with van der Waals surface area (Å²) in [5, 5.41) is 3.68. The minimum Gasteiger partial charge on any atom is -0.497 e. The molecule has 0 radical (unpaired) electrons. The summed E-state index contributed by atoms with van der Waals surface area (Å²) in [7, 11) is -2.60. The van der Waals surface area contributed by atoms with E-state index < -0.39 is 22.5 Å². The molecule has 3 rings (SSSR count). The van der Waals surface area contributed by atoms with E-state index >= 15 is 0 Å². The van der Waals surface area contributed by atoms with Crippen LogP contribution in [-0.2, 0) is 14.8 Å². The summed E-state index contributed by atoms with van der Waals surface area (Å²) in [5.41, 5.74) is 0.546. The quantitative estimate of drug-likeness (QED) is 0.466. The van der Waals surface area contributed by atoms with Crippen molar-refractivity contribution < 1.29 is 17.9 Å². The van der Waals surface area contributed by atoms with Crippen LogP contribution in [0.1, 0.15) is 0 Å². The minimum absolute atomic E-state index is 0.00293. The molecule has 1 amide bonds. The Kier molecular flexibility index (Phi) is 7.33. The largest absolute Gasteiger partial charge is 0.497 e. The first-order chi connectivity index (χ1) is 14.7. The predicted octanol–water partition coefficient (Wildman–Crippen LogP) is 5.49. The number of carbonyl (C=O) groups excluding carboxylic acids is 1. The summed E-state index contributed by atoms with van der Waals surface area (Å²) >= 11 is 18.0. The molecule has 10 heteroatoms. The van der Waals surface area contributed by atoms with Crippen LogP contribution in [-0.4, -0.2) is 28.0 Å². The third-order valence-corrected chi connectivity index (χ3v) is 6.86. The fraction of sp³-hybridized carbons (Fsp3) is 0.0952. The summed E-state index contributed by atoms with van der Waals surface area (Å²) in [6.07, 6.45) is 0. The Morgan fingerprint density at radius 2 is 1.55 bits per heavy atom. The molecule has 0 spiro atoms. The van der Waals surface area contributed by atoms with Crippen LogP contribution in [0.25, 0.3) is 0 Å². The van der Waals surface area contributed by atoms with Gasteiger partial charge in [0.1, 0.15) is 12.3 Å². The number of methoxy groups -OCH3 is 1. The number of carbonyl (C=O) groups is 1. The van der Waals surface area contributed by atoms with Gasteiger partial charge in [0.05, 0.1) is 28.4 Å². The number of hydrogen-bond donors (Lipinski definition) is 1. The third-order valence-electron chi connectivity index (χ3n) is 4.25. The molecule has 162 valence electrons. The van der Waals surface area contributed by atoms with Gasteiger partial charge in [0.15, 0.2) is 0 Å². The highest BCUT2D eigenvalue weighted by molar-refractivity contribution is 7.92. The van der Waals surface area contributed by atoms with E-state index in [1.807, 2.05) is 0 Å². The Balaban J connectivity index is 1.95.